The second kappa shape index (κ2) is 8.15. The Kier molecular flexibility index (Phi) is 5.69. The molecule has 24 heavy (non-hydrogen) atoms. The summed E-state index contributed by atoms with van der Waals surface area (Å²) < 4.78 is 0. The van der Waals surface area contributed by atoms with Crippen molar-refractivity contribution in [2.45, 2.75) is 39.3 Å². The van der Waals surface area contributed by atoms with E-state index in [4.69, 9.17) is 0 Å². The maximum absolute atomic E-state index is 12.0. The Balaban J connectivity index is 1.49. The molecule has 0 aliphatic carbocycles. The summed E-state index contributed by atoms with van der Waals surface area (Å²) in [6.45, 7) is 5.29. The van der Waals surface area contributed by atoms with Crippen molar-refractivity contribution in [3.63, 3.8) is 0 Å². The Hall–Kier alpha value is -2.08. The third-order valence-electron chi connectivity index (χ3n) is 4.32. The molecule has 6 heteroatoms. The molecule has 3 rings (SSSR count). The van der Waals surface area contributed by atoms with Gasteiger partial charge in [0.2, 0.25) is 0 Å². The quantitative estimate of drug-likeness (QED) is 0.873. The number of carbonyl (C=O) groups is 1. The van der Waals surface area contributed by atoms with Crippen LogP contribution in [0.5, 0.6) is 0 Å². The van der Waals surface area contributed by atoms with Crippen molar-refractivity contribution in [1.29, 1.82) is 0 Å². The van der Waals surface area contributed by atoms with E-state index in [0.717, 1.165) is 24.5 Å². The van der Waals surface area contributed by atoms with Crippen LogP contribution in [0, 0.1) is 6.92 Å². The zero-order chi connectivity index (χ0) is 16.8. The summed E-state index contributed by atoms with van der Waals surface area (Å²) in [6, 6.07) is 5.96. The fourth-order valence-electron chi connectivity index (χ4n) is 2.86. The van der Waals surface area contributed by atoms with Crippen LogP contribution in [0.25, 0.3) is 0 Å². The highest BCUT2D eigenvalue weighted by molar-refractivity contribution is 7.10. The smallest absolute Gasteiger partial charge is 0.315 e. The van der Waals surface area contributed by atoms with Gasteiger partial charge in [-0.05, 0) is 60.9 Å². The summed E-state index contributed by atoms with van der Waals surface area (Å²) in [5.74, 6) is 1.02. The monoisotopic (exact) mass is 344 g/mol. The number of piperidine rings is 1. The number of hydrogen-bond donors (Lipinski definition) is 2. The molecule has 0 spiro atoms. The molecule has 2 aromatic rings. The number of nitrogens with zero attached hydrogens (tertiary/aromatic N) is 2. The normalized spacial score (nSPS) is 14.5. The lowest BCUT2D eigenvalue weighted by atomic mass is 10.1. The SMILES string of the molecule is Cc1ccsc1CNC(=O)NCc1ccnc(N2CCCCC2)c1. The molecule has 3 heterocycles. The van der Waals surface area contributed by atoms with Crippen molar-refractivity contribution in [1.82, 2.24) is 15.6 Å². The van der Waals surface area contributed by atoms with E-state index in [0.29, 0.717) is 13.1 Å². The molecule has 128 valence electrons. The van der Waals surface area contributed by atoms with Gasteiger partial charge in [-0.2, -0.15) is 0 Å². The zero-order valence-electron chi connectivity index (χ0n) is 14.0. The second-order valence-corrected chi connectivity index (χ2v) is 7.13. The van der Waals surface area contributed by atoms with E-state index in [1.807, 2.05) is 17.6 Å². The maximum atomic E-state index is 12.0. The number of carbonyl (C=O) groups excluding carboxylic acids is 1. The number of amides is 2. The van der Waals surface area contributed by atoms with Gasteiger partial charge in [0.05, 0.1) is 6.54 Å². The van der Waals surface area contributed by atoms with Crippen LogP contribution >= 0.6 is 11.3 Å². The molecule has 0 aromatic carbocycles. The first kappa shape index (κ1) is 16.8. The largest absolute Gasteiger partial charge is 0.357 e. The topological polar surface area (TPSA) is 57.3 Å². The first-order valence-electron chi connectivity index (χ1n) is 8.47. The number of thiophene rings is 1. The molecule has 0 unspecified atom stereocenters. The van der Waals surface area contributed by atoms with Crippen LogP contribution in [-0.4, -0.2) is 24.1 Å². The van der Waals surface area contributed by atoms with Gasteiger partial charge in [0.1, 0.15) is 5.82 Å². The summed E-state index contributed by atoms with van der Waals surface area (Å²) in [6.07, 6.45) is 5.60. The number of anilines is 1. The average Bonchev–Trinajstić information content (AvgIpc) is 3.04. The molecule has 0 atom stereocenters. The van der Waals surface area contributed by atoms with Crippen LogP contribution in [0.2, 0.25) is 0 Å². The molecule has 1 aliphatic rings. The zero-order valence-corrected chi connectivity index (χ0v) is 14.9. The van der Waals surface area contributed by atoms with Crippen molar-refractivity contribution in [3.8, 4) is 0 Å². The number of urea groups is 1. The van der Waals surface area contributed by atoms with Gasteiger partial charge < -0.3 is 15.5 Å². The van der Waals surface area contributed by atoms with E-state index in [1.54, 1.807) is 11.3 Å². The van der Waals surface area contributed by atoms with Crippen LogP contribution in [-0.2, 0) is 13.1 Å². The summed E-state index contributed by atoms with van der Waals surface area (Å²) >= 11 is 1.67. The molecule has 0 saturated carbocycles. The third-order valence-corrected chi connectivity index (χ3v) is 5.34. The van der Waals surface area contributed by atoms with E-state index in [1.165, 1.54) is 29.7 Å². The van der Waals surface area contributed by atoms with Crippen LogP contribution in [0.3, 0.4) is 0 Å². The highest BCUT2D eigenvalue weighted by Crippen LogP contribution is 2.18. The minimum absolute atomic E-state index is 0.140. The minimum atomic E-state index is -0.140. The van der Waals surface area contributed by atoms with Crippen LogP contribution in [0.4, 0.5) is 10.6 Å². The predicted molar refractivity (Wildman–Crippen MR) is 98.4 cm³/mol. The van der Waals surface area contributed by atoms with Gasteiger partial charge >= 0.3 is 6.03 Å². The summed E-state index contributed by atoms with van der Waals surface area (Å²) in [5, 5.41) is 7.87. The van der Waals surface area contributed by atoms with Gasteiger partial charge in [0.15, 0.2) is 0 Å². The van der Waals surface area contributed by atoms with E-state index in [2.05, 4.69) is 39.6 Å². The molecule has 2 amide bonds. The Morgan fingerprint density at radius 3 is 2.75 bits per heavy atom. The molecular weight excluding hydrogens is 320 g/mol. The van der Waals surface area contributed by atoms with Gasteiger partial charge in [-0.3, -0.25) is 0 Å². The Morgan fingerprint density at radius 2 is 2.00 bits per heavy atom. The highest BCUT2D eigenvalue weighted by Gasteiger charge is 2.12. The van der Waals surface area contributed by atoms with Gasteiger partial charge in [-0.15, -0.1) is 11.3 Å². The minimum Gasteiger partial charge on any atom is -0.357 e. The number of rotatable bonds is 5. The summed E-state index contributed by atoms with van der Waals surface area (Å²) in [4.78, 5) is 20.0. The number of pyridine rings is 1. The number of nitrogens with one attached hydrogen (secondary N) is 2. The predicted octanol–water partition coefficient (Wildman–Crippen LogP) is 3.44. The third kappa shape index (κ3) is 4.47. The fourth-order valence-corrected chi connectivity index (χ4v) is 3.70. The van der Waals surface area contributed by atoms with E-state index < -0.39 is 0 Å². The molecule has 5 nitrogen and oxygen atoms in total. The van der Waals surface area contributed by atoms with Crippen LogP contribution in [0.1, 0.15) is 35.3 Å². The maximum Gasteiger partial charge on any atom is 0.315 e. The first-order valence-corrected chi connectivity index (χ1v) is 9.35. The van der Waals surface area contributed by atoms with Gasteiger partial charge in [-0.1, -0.05) is 0 Å². The van der Waals surface area contributed by atoms with Gasteiger partial charge in [-0.25, -0.2) is 9.78 Å². The second-order valence-electron chi connectivity index (χ2n) is 6.13. The molecule has 0 bridgehead atoms. The van der Waals surface area contributed by atoms with Gasteiger partial charge in [0.25, 0.3) is 0 Å². The fraction of sp³-hybridized carbons (Fsp3) is 0.444. The lowest BCUT2D eigenvalue weighted by molar-refractivity contribution is 0.240. The summed E-state index contributed by atoms with van der Waals surface area (Å²) in [7, 11) is 0. The lowest BCUT2D eigenvalue weighted by Gasteiger charge is -2.27. The number of aryl methyl sites for hydroxylation is 1. The molecule has 1 saturated heterocycles. The highest BCUT2D eigenvalue weighted by atomic mass is 32.1. The first-order chi connectivity index (χ1) is 11.7. The molecule has 2 aromatic heterocycles. The van der Waals surface area contributed by atoms with Crippen LogP contribution in [0.15, 0.2) is 29.8 Å². The van der Waals surface area contributed by atoms with Crippen molar-refractivity contribution in [3.05, 3.63) is 45.8 Å². The van der Waals surface area contributed by atoms with Crippen molar-refractivity contribution in [2.24, 2.45) is 0 Å². The average molecular weight is 344 g/mol. The van der Waals surface area contributed by atoms with E-state index in [9.17, 15) is 4.79 Å². The molecule has 0 radical (unpaired) electrons. The van der Waals surface area contributed by atoms with E-state index in [-0.39, 0.29) is 6.03 Å². The molecular formula is C18H24N4OS. The van der Waals surface area contributed by atoms with Crippen molar-refractivity contribution >= 4 is 23.2 Å². The molecule has 1 aliphatic heterocycles. The Morgan fingerprint density at radius 1 is 1.21 bits per heavy atom. The van der Waals surface area contributed by atoms with E-state index >= 15 is 0 Å². The Labute approximate surface area is 147 Å². The molecule has 2 N–H and O–H groups in total. The standard InChI is InChI=1S/C18H24N4OS/c1-14-6-10-24-16(14)13-21-18(23)20-12-15-5-7-19-17(11-15)22-8-3-2-4-9-22/h5-7,10-11H,2-4,8-9,12-13H2,1H3,(H2,20,21,23). The Bertz CT molecular complexity index is 679. The number of aromatic nitrogens is 1. The van der Waals surface area contributed by atoms with Crippen LogP contribution < -0.4 is 15.5 Å². The molecule has 1 fully saturated rings. The van der Waals surface area contributed by atoms with Gasteiger partial charge in [0, 0.05) is 30.7 Å². The van der Waals surface area contributed by atoms with Crippen molar-refractivity contribution < 1.29 is 4.79 Å². The van der Waals surface area contributed by atoms with Crippen molar-refractivity contribution in [2.75, 3.05) is 18.0 Å². The summed E-state index contributed by atoms with van der Waals surface area (Å²) in [5.41, 5.74) is 2.30. The number of hydrogen-bond acceptors (Lipinski definition) is 4. The lowest BCUT2D eigenvalue weighted by Crippen LogP contribution is -2.34.